The van der Waals surface area contributed by atoms with E-state index in [9.17, 15) is 14.7 Å². The van der Waals surface area contributed by atoms with E-state index in [0.29, 0.717) is 25.3 Å². The standard InChI is InChI=1S/C30H45N3O3.ClH/c1-2-3-17-33-28(35)26(27(34)24-10-5-4-6-11-24)31-29(36)30(33)15-18-32(19-16-30)21-22-13-14-23-9-7-8-12-25(23)20-22;/h7-9,12,22,24,26-27,34H,2-6,10-11,13-21H2,1H3,(H,31,36);1H/t22?,26-,27-;/m1./s1. The van der Waals surface area contributed by atoms with Gasteiger partial charge in [-0.15, -0.1) is 12.4 Å². The molecule has 2 N–H and O–H groups in total. The Balaban J connectivity index is 0.00000320. The highest BCUT2D eigenvalue weighted by atomic mass is 35.5. The van der Waals surface area contributed by atoms with Crippen molar-refractivity contribution in [1.29, 1.82) is 0 Å². The first-order valence-corrected chi connectivity index (χ1v) is 14.6. The number of piperazine rings is 1. The highest BCUT2D eigenvalue weighted by Crippen LogP contribution is 2.37. The molecule has 2 heterocycles. The van der Waals surface area contributed by atoms with E-state index in [0.717, 1.165) is 71.0 Å². The summed E-state index contributed by atoms with van der Waals surface area (Å²) in [5.74, 6) is 0.669. The minimum absolute atomic E-state index is 0. The van der Waals surface area contributed by atoms with Crippen molar-refractivity contribution in [3.63, 3.8) is 0 Å². The van der Waals surface area contributed by atoms with Gasteiger partial charge in [0.15, 0.2) is 0 Å². The van der Waals surface area contributed by atoms with Crippen LogP contribution in [0.5, 0.6) is 0 Å². The molecule has 1 aromatic rings. The number of aliphatic hydroxyl groups is 1. The number of halogens is 1. The van der Waals surface area contributed by atoms with E-state index < -0.39 is 17.7 Å². The smallest absolute Gasteiger partial charge is 0.248 e. The molecule has 6 nitrogen and oxygen atoms in total. The molecule has 2 saturated heterocycles. The van der Waals surface area contributed by atoms with Gasteiger partial charge in [-0.2, -0.15) is 0 Å². The summed E-state index contributed by atoms with van der Waals surface area (Å²) in [6.07, 6.45) is 11.3. The number of nitrogens with one attached hydrogen (secondary N) is 1. The number of amides is 2. The number of rotatable bonds is 7. The Kier molecular flexibility index (Phi) is 9.58. The summed E-state index contributed by atoms with van der Waals surface area (Å²) in [5.41, 5.74) is 2.23. The number of aliphatic hydroxyl groups excluding tert-OH is 1. The van der Waals surface area contributed by atoms with Crippen LogP contribution in [0.4, 0.5) is 0 Å². The van der Waals surface area contributed by atoms with Crippen molar-refractivity contribution in [2.24, 2.45) is 11.8 Å². The summed E-state index contributed by atoms with van der Waals surface area (Å²) in [7, 11) is 0. The lowest BCUT2D eigenvalue weighted by molar-refractivity contribution is -0.166. The van der Waals surface area contributed by atoms with Crippen LogP contribution >= 0.6 is 12.4 Å². The van der Waals surface area contributed by atoms with Crippen LogP contribution in [0.1, 0.15) is 82.3 Å². The number of likely N-dealkylation sites (tertiary alicyclic amines) is 1. The Morgan fingerprint density at radius 1 is 1.05 bits per heavy atom. The van der Waals surface area contributed by atoms with Crippen molar-refractivity contribution < 1.29 is 14.7 Å². The fourth-order valence-electron chi connectivity index (χ4n) is 7.36. The maximum atomic E-state index is 13.8. The van der Waals surface area contributed by atoms with Gasteiger partial charge in [0.25, 0.3) is 0 Å². The number of benzene rings is 1. The van der Waals surface area contributed by atoms with Crippen molar-refractivity contribution in [2.75, 3.05) is 26.2 Å². The van der Waals surface area contributed by atoms with Gasteiger partial charge in [-0.05, 0) is 74.3 Å². The summed E-state index contributed by atoms with van der Waals surface area (Å²) < 4.78 is 0. The lowest BCUT2D eigenvalue weighted by Gasteiger charge is -2.53. The van der Waals surface area contributed by atoms with Gasteiger partial charge in [-0.3, -0.25) is 9.59 Å². The Labute approximate surface area is 229 Å². The lowest BCUT2D eigenvalue weighted by atomic mass is 9.77. The Morgan fingerprint density at radius 2 is 1.76 bits per heavy atom. The largest absolute Gasteiger partial charge is 0.390 e. The molecule has 3 atom stereocenters. The normalized spacial score (nSPS) is 27.4. The molecule has 2 aliphatic heterocycles. The minimum atomic E-state index is -0.789. The van der Waals surface area contributed by atoms with E-state index in [2.05, 4.69) is 41.4 Å². The molecule has 0 radical (unpaired) electrons. The first kappa shape index (κ1) is 28.4. The minimum Gasteiger partial charge on any atom is -0.390 e. The Morgan fingerprint density at radius 3 is 2.46 bits per heavy atom. The van der Waals surface area contributed by atoms with Crippen LogP contribution in [0.15, 0.2) is 24.3 Å². The highest BCUT2D eigenvalue weighted by Gasteiger charge is 2.55. The number of hydrogen-bond acceptors (Lipinski definition) is 4. The number of carbonyl (C=O) groups is 2. The molecule has 206 valence electrons. The molecule has 0 bridgehead atoms. The van der Waals surface area contributed by atoms with Crippen molar-refractivity contribution in [3.8, 4) is 0 Å². The van der Waals surface area contributed by atoms with Crippen LogP contribution in [0.25, 0.3) is 0 Å². The van der Waals surface area contributed by atoms with Crippen LogP contribution in [0.3, 0.4) is 0 Å². The van der Waals surface area contributed by atoms with Crippen molar-refractivity contribution >= 4 is 24.2 Å². The predicted octanol–water partition coefficient (Wildman–Crippen LogP) is 4.12. The third-order valence-electron chi connectivity index (χ3n) is 9.62. The van der Waals surface area contributed by atoms with Gasteiger partial charge in [0.2, 0.25) is 11.8 Å². The maximum absolute atomic E-state index is 13.8. The number of piperidine rings is 1. The van der Waals surface area contributed by atoms with Crippen molar-refractivity contribution in [2.45, 2.75) is 102 Å². The summed E-state index contributed by atoms with van der Waals surface area (Å²) in [5, 5.41) is 14.2. The molecule has 1 spiro atoms. The molecule has 7 heteroatoms. The summed E-state index contributed by atoms with van der Waals surface area (Å²) in [6.45, 7) is 5.49. The van der Waals surface area contributed by atoms with Crippen LogP contribution in [0, 0.1) is 11.8 Å². The van der Waals surface area contributed by atoms with Gasteiger partial charge in [0.1, 0.15) is 11.6 Å². The molecule has 3 fully saturated rings. The van der Waals surface area contributed by atoms with Crippen molar-refractivity contribution in [3.05, 3.63) is 35.4 Å². The Hall–Kier alpha value is -1.63. The highest BCUT2D eigenvalue weighted by molar-refractivity contribution is 6.00. The average molecular weight is 532 g/mol. The molecule has 1 unspecified atom stereocenters. The van der Waals surface area contributed by atoms with Gasteiger partial charge in [0, 0.05) is 26.2 Å². The van der Waals surface area contributed by atoms with E-state index in [1.807, 2.05) is 4.90 Å². The molecule has 2 aliphatic carbocycles. The van der Waals surface area contributed by atoms with Crippen LogP contribution in [-0.2, 0) is 22.4 Å². The second-order valence-electron chi connectivity index (χ2n) is 11.9. The topological polar surface area (TPSA) is 72.9 Å². The molecule has 1 aromatic carbocycles. The molecular weight excluding hydrogens is 486 g/mol. The molecule has 5 rings (SSSR count). The monoisotopic (exact) mass is 531 g/mol. The van der Waals surface area contributed by atoms with Gasteiger partial charge in [0.05, 0.1) is 6.10 Å². The quantitative estimate of drug-likeness (QED) is 0.555. The second kappa shape index (κ2) is 12.5. The van der Waals surface area contributed by atoms with Crippen LogP contribution in [0.2, 0.25) is 0 Å². The zero-order chi connectivity index (χ0) is 25.1. The van der Waals surface area contributed by atoms with E-state index >= 15 is 0 Å². The SMILES string of the molecule is CCCCN1C(=O)[C@@H]([C@H](O)C2CCCCC2)NC(=O)C12CCN(CC1CCc3ccccc3C1)CC2.Cl. The van der Waals surface area contributed by atoms with E-state index in [-0.39, 0.29) is 30.1 Å². The second-order valence-corrected chi connectivity index (χ2v) is 11.9. The molecule has 1 saturated carbocycles. The molecule has 37 heavy (non-hydrogen) atoms. The fourth-order valence-corrected chi connectivity index (χ4v) is 7.36. The van der Waals surface area contributed by atoms with Crippen molar-refractivity contribution in [1.82, 2.24) is 15.1 Å². The first-order valence-electron chi connectivity index (χ1n) is 14.6. The molecule has 4 aliphatic rings. The first-order chi connectivity index (χ1) is 17.5. The van der Waals surface area contributed by atoms with E-state index in [1.165, 1.54) is 24.0 Å². The van der Waals surface area contributed by atoms with E-state index in [1.54, 1.807) is 0 Å². The third-order valence-corrected chi connectivity index (χ3v) is 9.62. The molecule has 2 amide bonds. The lowest BCUT2D eigenvalue weighted by Crippen LogP contribution is -2.75. The van der Waals surface area contributed by atoms with Crippen LogP contribution in [-0.4, -0.2) is 70.6 Å². The zero-order valence-electron chi connectivity index (χ0n) is 22.5. The van der Waals surface area contributed by atoms with Gasteiger partial charge in [-0.25, -0.2) is 0 Å². The maximum Gasteiger partial charge on any atom is 0.248 e. The number of nitrogens with zero attached hydrogens (tertiary/aromatic N) is 2. The summed E-state index contributed by atoms with van der Waals surface area (Å²) in [4.78, 5) is 31.9. The van der Waals surface area contributed by atoms with Gasteiger partial charge < -0.3 is 20.2 Å². The zero-order valence-corrected chi connectivity index (χ0v) is 23.3. The molecule has 0 aromatic heterocycles. The number of aryl methyl sites for hydroxylation is 1. The molecular formula is C30H46ClN3O3. The van der Waals surface area contributed by atoms with Gasteiger partial charge in [-0.1, -0.05) is 56.9 Å². The number of hydrogen-bond donors (Lipinski definition) is 2. The summed E-state index contributed by atoms with van der Waals surface area (Å²) in [6, 6.07) is 8.03. The fraction of sp³-hybridized carbons (Fsp3) is 0.733. The number of carbonyl (C=O) groups excluding carboxylic acids is 2. The van der Waals surface area contributed by atoms with E-state index in [4.69, 9.17) is 0 Å². The summed E-state index contributed by atoms with van der Waals surface area (Å²) >= 11 is 0. The third kappa shape index (κ3) is 5.86. The Bertz CT molecular complexity index is 926. The number of fused-ring (bicyclic) bond motifs is 1. The van der Waals surface area contributed by atoms with Crippen LogP contribution < -0.4 is 5.32 Å². The number of unbranched alkanes of at least 4 members (excludes halogenated alkanes) is 1. The average Bonchev–Trinajstić information content (AvgIpc) is 2.92. The predicted molar refractivity (Wildman–Crippen MR) is 149 cm³/mol. The van der Waals surface area contributed by atoms with Gasteiger partial charge >= 0.3 is 0 Å².